The second-order valence-corrected chi connectivity index (χ2v) is 13.8. The standard InChI is InChI=1S/C27H19N3O5S4/c1-16-7-13-22-24(25(16)39(33,34)35)37-27(29-22)18-10-14-21-23(15-18)36-26(28-21)17-8-11-19(12-9-17)30-38(31,32)20-5-3-2-4-6-20/h2-15,30H,1H3,(H,33,34,35). The van der Waals surface area contributed by atoms with E-state index in [1.54, 1.807) is 49.4 Å². The van der Waals surface area contributed by atoms with Gasteiger partial charge in [0.15, 0.2) is 0 Å². The van der Waals surface area contributed by atoms with E-state index in [2.05, 4.69) is 9.71 Å². The molecule has 0 amide bonds. The third-order valence-electron chi connectivity index (χ3n) is 6.04. The van der Waals surface area contributed by atoms with Crippen molar-refractivity contribution in [3.63, 3.8) is 0 Å². The molecule has 2 aromatic heterocycles. The monoisotopic (exact) mass is 593 g/mol. The number of benzene rings is 4. The maximum Gasteiger partial charge on any atom is 0.296 e. The average molecular weight is 594 g/mol. The Kier molecular flexibility index (Phi) is 6.24. The van der Waals surface area contributed by atoms with Gasteiger partial charge in [0.2, 0.25) is 0 Å². The number of aromatic nitrogens is 2. The number of fused-ring (bicyclic) bond motifs is 2. The van der Waals surface area contributed by atoms with Crippen molar-refractivity contribution >= 4 is 68.9 Å². The summed E-state index contributed by atoms with van der Waals surface area (Å²) in [5.41, 5.74) is 3.85. The summed E-state index contributed by atoms with van der Waals surface area (Å²) in [5, 5.41) is 1.40. The van der Waals surface area contributed by atoms with Gasteiger partial charge in [-0.05, 0) is 73.2 Å². The minimum Gasteiger partial charge on any atom is -0.282 e. The summed E-state index contributed by atoms with van der Waals surface area (Å²) >= 11 is 2.70. The van der Waals surface area contributed by atoms with Crippen LogP contribution in [0.3, 0.4) is 0 Å². The van der Waals surface area contributed by atoms with Crippen LogP contribution >= 0.6 is 22.7 Å². The predicted octanol–water partition coefficient (Wildman–Crippen LogP) is 6.60. The first-order chi connectivity index (χ1) is 18.6. The molecule has 0 bridgehead atoms. The van der Waals surface area contributed by atoms with Crippen LogP contribution in [-0.2, 0) is 20.1 Å². The molecule has 196 valence electrons. The molecule has 2 N–H and O–H groups in total. The molecule has 6 rings (SSSR count). The van der Waals surface area contributed by atoms with Crippen LogP contribution in [0.15, 0.2) is 94.7 Å². The highest BCUT2D eigenvalue weighted by molar-refractivity contribution is 7.92. The number of anilines is 1. The van der Waals surface area contributed by atoms with Crippen molar-refractivity contribution in [3.05, 3.63) is 90.5 Å². The van der Waals surface area contributed by atoms with Gasteiger partial charge in [-0.3, -0.25) is 9.27 Å². The Labute approximate surface area is 232 Å². The van der Waals surface area contributed by atoms with Crippen molar-refractivity contribution in [1.29, 1.82) is 0 Å². The zero-order chi connectivity index (χ0) is 27.4. The van der Waals surface area contributed by atoms with E-state index >= 15 is 0 Å². The average Bonchev–Trinajstić information content (AvgIpc) is 3.52. The van der Waals surface area contributed by atoms with Crippen molar-refractivity contribution in [1.82, 2.24) is 9.97 Å². The van der Waals surface area contributed by atoms with Gasteiger partial charge in [0.1, 0.15) is 14.9 Å². The lowest BCUT2D eigenvalue weighted by molar-refractivity contribution is 0.483. The van der Waals surface area contributed by atoms with Crippen molar-refractivity contribution in [2.75, 3.05) is 4.72 Å². The molecule has 12 heteroatoms. The van der Waals surface area contributed by atoms with Crippen LogP contribution in [0.2, 0.25) is 0 Å². The Bertz CT molecular complexity index is 2080. The summed E-state index contributed by atoms with van der Waals surface area (Å²) in [6.45, 7) is 1.64. The Hall–Kier alpha value is -3.68. The van der Waals surface area contributed by atoms with Gasteiger partial charge in [0, 0.05) is 16.8 Å². The van der Waals surface area contributed by atoms with E-state index in [-0.39, 0.29) is 9.79 Å². The molecule has 0 spiro atoms. The summed E-state index contributed by atoms with van der Waals surface area (Å²) in [4.78, 5) is 9.40. The summed E-state index contributed by atoms with van der Waals surface area (Å²) in [6, 6.07) is 24.3. The Balaban J connectivity index is 1.30. The van der Waals surface area contributed by atoms with Gasteiger partial charge in [-0.15, -0.1) is 22.7 Å². The fraction of sp³-hybridized carbons (Fsp3) is 0.0370. The van der Waals surface area contributed by atoms with Gasteiger partial charge >= 0.3 is 0 Å². The molecule has 0 aliphatic rings. The lowest BCUT2D eigenvalue weighted by Gasteiger charge is -2.08. The van der Waals surface area contributed by atoms with E-state index in [0.29, 0.717) is 26.5 Å². The molecule has 0 unspecified atom stereocenters. The molecule has 0 atom stereocenters. The number of nitrogens with one attached hydrogen (secondary N) is 1. The maximum atomic E-state index is 12.6. The van der Waals surface area contributed by atoms with Gasteiger partial charge in [0.25, 0.3) is 20.1 Å². The molecule has 0 saturated carbocycles. The van der Waals surface area contributed by atoms with Gasteiger partial charge in [-0.1, -0.05) is 24.3 Å². The molecule has 39 heavy (non-hydrogen) atoms. The minimum atomic E-state index is -4.39. The third-order valence-corrected chi connectivity index (χ3v) is 10.8. The largest absolute Gasteiger partial charge is 0.296 e. The number of hydrogen-bond donors (Lipinski definition) is 2. The number of nitrogens with zero attached hydrogens (tertiary/aromatic N) is 2. The molecule has 2 heterocycles. The highest BCUT2D eigenvalue weighted by Crippen LogP contribution is 2.38. The summed E-state index contributed by atoms with van der Waals surface area (Å²) in [5.74, 6) is 0. The first kappa shape index (κ1) is 25.6. The van der Waals surface area contributed by atoms with Gasteiger partial charge in [-0.2, -0.15) is 8.42 Å². The molecule has 0 saturated heterocycles. The van der Waals surface area contributed by atoms with Crippen LogP contribution in [0.25, 0.3) is 41.6 Å². The van der Waals surface area contributed by atoms with E-state index in [1.165, 1.54) is 34.8 Å². The number of rotatable bonds is 6. The SMILES string of the molecule is Cc1ccc2nc(-c3ccc4nc(-c5ccc(NS(=O)(=O)c6ccccc6)cc5)sc4c3)sc2c1S(=O)(=O)O. The number of hydrogen-bond acceptors (Lipinski definition) is 8. The van der Waals surface area contributed by atoms with Crippen LogP contribution in [-0.4, -0.2) is 31.4 Å². The van der Waals surface area contributed by atoms with E-state index in [9.17, 15) is 21.4 Å². The van der Waals surface area contributed by atoms with Crippen molar-refractivity contribution in [2.45, 2.75) is 16.7 Å². The van der Waals surface area contributed by atoms with Gasteiger partial charge < -0.3 is 0 Å². The lowest BCUT2D eigenvalue weighted by atomic mass is 10.2. The molecule has 6 aromatic rings. The molecule has 4 aromatic carbocycles. The molecule has 0 radical (unpaired) electrons. The summed E-state index contributed by atoms with van der Waals surface area (Å²) < 4.78 is 62.8. The first-order valence-corrected chi connectivity index (χ1v) is 16.1. The topological polar surface area (TPSA) is 126 Å². The molecular formula is C27H19N3O5S4. The Morgan fingerprint density at radius 1 is 0.744 bits per heavy atom. The molecule has 0 fully saturated rings. The fourth-order valence-electron chi connectivity index (χ4n) is 4.19. The van der Waals surface area contributed by atoms with E-state index in [1.807, 2.05) is 30.3 Å². The quantitative estimate of drug-likeness (QED) is 0.209. The van der Waals surface area contributed by atoms with E-state index in [0.717, 1.165) is 26.4 Å². The molecule has 0 aliphatic heterocycles. The highest BCUT2D eigenvalue weighted by atomic mass is 32.2. The third kappa shape index (κ3) is 4.92. The highest BCUT2D eigenvalue weighted by Gasteiger charge is 2.21. The number of aryl methyl sites for hydroxylation is 1. The summed E-state index contributed by atoms with van der Waals surface area (Å²) in [6.07, 6.45) is 0. The maximum absolute atomic E-state index is 12.6. The van der Waals surface area contributed by atoms with Crippen LogP contribution < -0.4 is 4.72 Å². The van der Waals surface area contributed by atoms with Crippen LogP contribution in [0.5, 0.6) is 0 Å². The molecular weight excluding hydrogens is 575 g/mol. The lowest BCUT2D eigenvalue weighted by Crippen LogP contribution is -2.12. The number of sulfonamides is 1. The van der Waals surface area contributed by atoms with Crippen LogP contribution in [0.1, 0.15) is 5.56 Å². The fourth-order valence-corrected chi connectivity index (χ4v) is 8.58. The van der Waals surface area contributed by atoms with E-state index < -0.39 is 20.1 Å². The van der Waals surface area contributed by atoms with Crippen molar-refractivity contribution < 1.29 is 21.4 Å². The minimum absolute atomic E-state index is 0.112. The second kappa shape index (κ2) is 9.50. The normalized spacial score (nSPS) is 12.3. The molecule has 8 nitrogen and oxygen atoms in total. The van der Waals surface area contributed by atoms with Crippen molar-refractivity contribution in [2.24, 2.45) is 0 Å². The predicted molar refractivity (Wildman–Crippen MR) is 155 cm³/mol. The van der Waals surface area contributed by atoms with Gasteiger partial charge in [0.05, 0.1) is 25.3 Å². The van der Waals surface area contributed by atoms with E-state index in [4.69, 9.17) is 4.98 Å². The number of thiazole rings is 2. The first-order valence-electron chi connectivity index (χ1n) is 11.6. The van der Waals surface area contributed by atoms with Crippen LogP contribution in [0.4, 0.5) is 5.69 Å². The van der Waals surface area contributed by atoms with Crippen molar-refractivity contribution in [3.8, 4) is 21.1 Å². The van der Waals surface area contributed by atoms with Gasteiger partial charge in [-0.25, -0.2) is 18.4 Å². The smallest absolute Gasteiger partial charge is 0.282 e. The molecule has 0 aliphatic carbocycles. The Morgan fingerprint density at radius 2 is 1.38 bits per heavy atom. The second-order valence-electron chi connectivity index (χ2n) is 8.75. The van der Waals surface area contributed by atoms with Crippen LogP contribution in [0, 0.1) is 6.92 Å². The zero-order valence-corrected chi connectivity index (χ0v) is 23.5. The zero-order valence-electron chi connectivity index (χ0n) is 20.2. The summed E-state index contributed by atoms with van der Waals surface area (Å²) in [7, 11) is -8.07. The Morgan fingerprint density at radius 3 is 2.10 bits per heavy atom.